The van der Waals surface area contributed by atoms with E-state index in [0.29, 0.717) is 13.2 Å². The molecule has 0 radical (unpaired) electrons. The first kappa shape index (κ1) is 22.5. The number of aldehydes is 1. The number of rotatable bonds is 9. The van der Waals surface area contributed by atoms with Crippen LogP contribution in [0.15, 0.2) is 30.5 Å². The molecule has 2 rings (SSSR count). The van der Waals surface area contributed by atoms with Crippen LogP contribution in [0.4, 0.5) is 4.79 Å². The van der Waals surface area contributed by atoms with Crippen LogP contribution in [0.3, 0.4) is 0 Å². The zero-order valence-electron chi connectivity index (χ0n) is 17.6. The molecule has 0 unspecified atom stereocenters. The third kappa shape index (κ3) is 6.93. The number of carbonyl (C=O) groups excluding carboxylic acids is 3. The topological polar surface area (TPSA) is 86.6 Å². The number of ether oxygens (including phenoxy) is 2. The molecule has 2 aromatic rings. The molecule has 158 valence electrons. The van der Waals surface area contributed by atoms with Gasteiger partial charge >= 0.3 is 12.1 Å². The van der Waals surface area contributed by atoms with E-state index in [1.807, 2.05) is 42.0 Å². The second-order valence-electron chi connectivity index (χ2n) is 7.97. The minimum absolute atomic E-state index is 0.152. The Balaban J connectivity index is 2.21. The Morgan fingerprint density at radius 1 is 1.24 bits per heavy atom. The molecule has 0 fully saturated rings. The molecule has 1 N–H and O–H groups in total. The number of amides is 1. The maximum Gasteiger partial charge on any atom is 0.407 e. The van der Waals surface area contributed by atoms with Crippen LogP contribution in [0.5, 0.6) is 0 Å². The Morgan fingerprint density at radius 3 is 2.62 bits per heavy atom. The number of carbonyl (C=O) groups is 3. The van der Waals surface area contributed by atoms with Gasteiger partial charge in [-0.3, -0.25) is 4.79 Å². The number of para-hydroxylation sites is 1. The zero-order chi connectivity index (χ0) is 21.4. The molecule has 0 aliphatic carbocycles. The molecule has 7 heteroatoms. The Hall–Kier alpha value is -2.83. The maximum absolute atomic E-state index is 12.1. The molecule has 7 nitrogen and oxygen atoms in total. The largest absolute Gasteiger partial charge is 0.465 e. The third-order valence-corrected chi connectivity index (χ3v) is 4.19. The second kappa shape index (κ2) is 10.1. The minimum atomic E-state index is -0.623. The highest BCUT2D eigenvalue weighted by atomic mass is 16.6. The van der Waals surface area contributed by atoms with E-state index in [2.05, 4.69) is 5.32 Å². The van der Waals surface area contributed by atoms with Crippen molar-refractivity contribution >= 4 is 29.3 Å². The lowest BCUT2D eigenvalue weighted by atomic mass is 10.1. The number of hydrogen-bond donors (Lipinski definition) is 1. The van der Waals surface area contributed by atoms with E-state index in [1.54, 1.807) is 20.8 Å². The number of nitrogens with zero attached hydrogens (tertiary/aromatic N) is 1. The van der Waals surface area contributed by atoms with Crippen LogP contribution in [0.25, 0.3) is 10.9 Å². The molecule has 1 aromatic heterocycles. The fraction of sp³-hybridized carbons (Fsp3) is 0.500. The molecule has 0 saturated heterocycles. The van der Waals surface area contributed by atoms with Gasteiger partial charge in [0.1, 0.15) is 11.9 Å². The SMILES string of the molecule is CCCOC(=O)Cc1cn(C[C@@H](CC=O)NC(=O)OC(C)(C)C)c2ccccc12. The molecule has 0 spiro atoms. The fourth-order valence-electron chi connectivity index (χ4n) is 3.04. The van der Waals surface area contributed by atoms with Crippen molar-refractivity contribution in [2.45, 2.75) is 65.1 Å². The van der Waals surface area contributed by atoms with Crippen molar-refractivity contribution in [2.75, 3.05) is 6.61 Å². The standard InChI is InChI=1S/C22H30N2O5/c1-5-12-28-20(26)13-16-14-24(19-9-7-6-8-18(16)19)15-17(10-11-25)23-21(27)29-22(2,3)4/h6-9,11,14,17H,5,10,12-13,15H2,1-4H3,(H,23,27)/t17-/m1/s1. The summed E-state index contributed by atoms with van der Waals surface area (Å²) in [6.07, 6.45) is 3.19. The number of esters is 1. The quantitative estimate of drug-likeness (QED) is 0.511. The average Bonchev–Trinajstić information content (AvgIpc) is 2.96. The van der Waals surface area contributed by atoms with Crippen LogP contribution in [0.1, 0.15) is 46.1 Å². The van der Waals surface area contributed by atoms with Gasteiger partial charge in [0.05, 0.1) is 19.1 Å². The number of benzene rings is 1. The zero-order valence-corrected chi connectivity index (χ0v) is 17.6. The van der Waals surface area contributed by atoms with Crippen LogP contribution in [-0.2, 0) is 32.0 Å². The van der Waals surface area contributed by atoms with Gasteiger partial charge in [0, 0.05) is 30.1 Å². The highest BCUT2D eigenvalue weighted by molar-refractivity contribution is 5.88. The monoisotopic (exact) mass is 402 g/mol. The molecule has 0 aliphatic heterocycles. The predicted octanol–water partition coefficient (Wildman–Crippen LogP) is 3.62. The number of fused-ring (bicyclic) bond motifs is 1. The lowest BCUT2D eigenvalue weighted by molar-refractivity contribution is -0.142. The molecular weight excluding hydrogens is 372 g/mol. The molecule has 1 aromatic carbocycles. The van der Waals surface area contributed by atoms with Gasteiger partial charge in [-0.15, -0.1) is 0 Å². The summed E-state index contributed by atoms with van der Waals surface area (Å²) in [6, 6.07) is 7.29. The lowest BCUT2D eigenvalue weighted by Crippen LogP contribution is -2.41. The first-order valence-electron chi connectivity index (χ1n) is 9.89. The first-order chi connectivity index (χ1) is 13.7. The summed E-state index contributed by atoms with van der Waals surface area (Å²) < 4.78 is 12.5. The van der Waals surface area contributed by atoms with Gasteiger partial charge in [0.25, 0.3) is 0 Å². The normalized spacial score (nSPS) is 12.4. The lowest BCUT2D eigenvalue weighted by Gasteiger charge is -2.23. The van der Waals surface area contributed by atoms with E-state index < -0.39 is 17.7 Å². The van der Waals surface area contributed by atoms with Crippen LogP contribution in [0.2, 0.25) is 0 Å². The highest BCUT2D eigenvalue weighted by Gasteiger charge is 2.21. The maximum atomic E-state index is 12.1. The fourth-order valence-corrected chi connectivity index (χ4v) is 3.04. The molecule has 0 aliphatic rings. The second-order valence-corrected chi connectivity index (χ2v) is 7.97. The van der Waals surface area contributed by atoms with E-state index in [4.69, 9.17) is 9.47 Å². The summed E-state index contributed by atoms with van der Waals surface area (Å²) in [5.74, 6) is -0.272. The Bertz CT molecular complexity index is 850. The summed E-state index contributed by atoms with van der Waals surface area (Å²) in [4.78, 5) is 35.3. The van der Waals surface area contributed by atoms with Gasteiger partial charge < -0.3 is 24.2 Å². The van der Waals surface area contributed by atoms with Crippen molar-refractivity contribution in [1.29, 1.82) is 0 Å². The minimum Gasteiger partial charge on any atom is -0.465 e. The molecule has 1 atom stereocenters. The van der Waals surface area contributed by atoms with E-state index in [0.717, 1.165) is 29.2 Å². The van der Waals surface area contributed by atoms with Crippen molar-refractivity contribution < 1.29 is 23.9 Å². The van der Waals surface area contributed by atoms with Crippen LogP contribution in [-0.4, -0.2) is 41.2 Å². The third-order valence-electron chi connectivity index (χ3n) is 4.19. The van der Waals surface area contributed by atoms with Gasteiger partial charge in [-0.2, -0.15) is 0 Å². The van der Waals surface area contributed by atoms with Gasteiger partial charge in [0.2, 0.25) is 0 Å². The van der Waals surface area contributed by atoms with Gasteiger partial charge in [0.15, 0.2) is 0 Å². The van der Waals surface area contributed by atoms with E-state index >= 15 is 0 Å². The number of hydrogen-bond acceptors (Lipinski definition) is 5. The molecular formula is C22H30N2O5. The van der Waals surface area contributed by atoms with Crippen molar-refractivity contribution in [2.24, 2.45) is 0 Å². The van der Waals surface area contributed by atoms with Crippen LogP contribution < -0.4 is 5.32 Å². The number of aromatic nitrogens is 1. The Morgan fingerprint density at radius 2 is 1.97 bits per heavy atom. The molecule has 0 bridgehead atoms. The van der Waals surface area contributed by atoms with Gasteiger partial charge in [-0.25, -0.2) is 4.79 Å². The van der Waals surface area contributed by atoms with E-state index in [-0.39, 0.29) is 18.8 Å². The van der Waals surface area contributed by atoms with Crippen molar-refractivity contribution in [1.82, 2.24) is 9.88 Å². The van der Waals surface area contributed by atoms with Crippen LogP contribution in [0, 0.1) is 0 Å². The smallest absolute Gasteiger partial charge is 0.407 e. The van der Waals surface area contributed by atoms with Crippen molar-refractivity contribution in [3.63, 3.8) is 0 Å². The number of alkyl carbamates (subject to hydrolysis) is 1. The Kier molecular flexibility index (Phi) is 7.82. The Labute approximate surface area is 171 Å². The molecule has 29 heavy (non-hydrogen) atoms. The highest BCUT2D eigenvalue weighted by Crippen LogP contribution is 2.23. The molecule has 1 amide bonds. The number of nitrogens with one attached hydrogen (secondary N) is 1. The summed E-state index contributed by atoms with van der Waals surface area (Å²) in [5, 5.41) is 3.71. The van der Waals surface area contributed by atoms with Gasteiger partial charge in [-0.1, -0.05) is 25.1 Å². The van der Waals surface area contributed by atoms with Crippen molar-refractivity contribution in [3.8, 4) is 0 Å². The summed E-state index contributed by atoms with van der Waals surface area (Å²) in [5.41, 5.74) is 1.15. The van der Waals surface area contributed by atoms with Gasteiger partial charge in [-0.05, 0) is 38.8 Å². The van der Waals surface area contributed by atoms with Crippen LogP contribution >= 0.6 is 0 Å². The molecule has 0 saturated carbocycles. The van der Waals surface area contributed by atoms with E-state index in [9.17, 15) is 14.4 Å². The van der Waals surface area contributed by atoms with E-state index in [1.165, 1.54) is 0 Å². The first-order valence-corrected chi connectivity index (χ1v) is 9.89. The predicted molar refractivity (Wildman–Crippen MR) is 111 cm³/mol. The van der Waals surface area contributed by atoms with Crippen molar-refractivity contribution in [3.05, 3.63) is 36.0 Å². The average molecular weight is 402 g/mol. The molecule has 1 heterocycles. The summed E-state index contributed by atoms with van der Waals surface area (Å²) in [7, 11) is 0. The summed E-state index contributed by atoms with van der Waals surface area (Å²) >= 11 is 0. The summed E-state index contributed by atoms with van der Waals surface area (Å²) in [6.45, 7) is 8.07.